The number of furan rings is 1. The summed E-state index contributed by atoms with van der Waals surface area (Å²) < 4.78 is 11.0. The molecule has 0 aliphatic carbocycles. The molecule has 2 heterocycles. The number of esters is 1. The van der Waals surface area contributed by atoms with Gasteiger partial charge in [0.2, 0.25) is 5.76 Å². The molecule has 0 aliphatic heterocycles. The lowest BCUT2D eigenvalue weighted by molar-refractivity contribution is 0.0700. The predicted molar refractivity (Wildman–Crippen MR) is 95.5 cm³/mol. The van der Waals surface area contributed by atoms with Gasteiger partial charge in [-0.25, -0.2) is 4.79 Å². The summed E-state index contributed by atoms with van der Waals surface area (Å²) in [6.07, 6.45) is 4.57. The van der Waals surface area contributed by atoms with Gasteiger partial charge in [-0.2, -0.15) is 0 Å². The largest absolute Gasteiger partial charge is 0.457 e. The second-order valence-corrected chi connectivity index (χ2v) is 6.62. The molecule has 0 N–H and O–H groups in total. The molecule has 0 spiro atoms. The SMILES string of the molecule is O=C(Oc1ccc(Br)cc1C(=O)/C=C/c1cccs1)c1ccco1. The van der Waals surface area contributed by atoms with Gasteiger partial charge in [-0.1, -0.05) is 22.0 Å². The Bertz CT molecular complexity index is 880. The van der Waals surface area contributed by atoms with E-state index in [1.54, 1.807) is 30.3 Å². The van der Waals surface area contributed by atoms with Crippen LogP contribution in [0.15, 0.2) is 69.1 Å². The molecular formula is C18H11BrO4S. The van der Waals surface area contributed by atoms with E-state index in [9.17, 15) is 9.59 Å². The molecule has 3 rings (SSSR count). The van der Waals surface area contributed by atoms with Crippen LogP contribution >= 0.6 is 27.3 Å². The monoisotopic (exact) mass is 402 g/mol. The highest BCUT2D eigenvalue weighted by Gasteiger charge is 2.17. The molecule has 0 bridgehead atoms. The summed E-state index contributed by atoms with van der Waals surface area (Å²) in [7, 11) is 0. The number of ether oxygens (including phenoxy) is 1. The smallest absolute Gasteiger partial charge is 0.379 e. The van der Waals surface area contributed by atoms with Crippen LogP contribution in [0.4, 0.5) is 0 Å². The molecule has 2 aromatic heterocycles. The third kappa shape index (κ3) is 3.90. The van der Waals surface area contributed by atoms with Crippen molar-refractivity contribution in [1.82, 2.24) is 0 Å². The molecule has 0 saturated heterocycles. The van der Waals surface area contributed by atoms with Crippen molar-refractivity contribution in [2.45, 2.75) is 0 Å². The fraction of sp³-hybridized carbons (Fsp3) is 0. The van der Waals surface area contributed by atoms with Crippen molar-refractivity contribution >= 4 is 45.1 Å². The number of thiophene rings is 1. The Labute approximate surface area is 150 Å². The Morgan fingerprint density at radius 1 is 1.17 bits per heavy atom. The van der Waals surface area contributed by atoms with Crippen LogP contribution in [-0.2, 0) is 0 Å². The van der Waals surface area contributed by atoms with E-state index in [1.165, 1.54) is 29.7 Å². The average molecular weight is 403 g/mol. The van der Waals surface area contributed by atoms with Crippen molar-refractivity contribution < 1.29 is 18.7 Å². The number of carbonyl (C=O) groups is 2. The van der Waals surface area contributed by atoms with Crippen LogP contribution in [0.2, 0.25) is 0 Å². The van der Waals surface area contributed by atoms with Crippen molar-refractivity contribution in [3.8, 4) is 5.75 Å². The molecule has 0 atom stereocenters. The van der Waals surface area contributed by atoms with Gasteiger partial charge in [0, 0.05) is 9.35 Å². The van der Waals surface area contributed by atoms with Gasteiger partial charge in [-0.3, -0.25) is 4.79 Å². The minimum atomic E-state index is -0.654. The standard InChI is InChI=1S/C18H11BrO4S/c19-12-5-8-16(23-18(21)17-4-1-9-22-17)14(11-12)15(20)7-6-13-3-2-10-24-13/h1-11H/b7-6+. The summed E-state index contributed by atoms with van der Waals surface area (Å²) in [4.78, 5) is 25.5. The fourth-order valence-corrected chi connectivity index (χ4v) is 2.94. The number of rotatable bonds is 5. The normalized spacial score (nSPS) is 10.9. The maximum atomic E-state index is 12.5. The van der Waals surface area contributed by atoms with E-state index < -0.39 is 5.97 Å². The summed E-state index contributed by atoms with van der Waals surface area (Å²) in [5, 5.41) is 1.93. The van der Waals surface area contributed by atoms with Crippen molar-refractivity contribution in [3.63, 3.8) is 0 Å². The fourth-order valence-electron chi connectivity index (χ4n) is 1.96. The number of allylic oxidation sites excluding steroid dienone is 1. The van der Waals surface area contributed by atoms with Gasteiger partial charge in [0.05, 0.1) is 11.8 Å². The molecule has 120 valence electrons. The zero-order valence-electron chi connectivity index (χ0n) is 12.3. The number of ketones is 1. The number of carbonyl (C=O) groups excluding carboxylic acids is 2. The zero-order valence-corrected chi connectivity index (χ0v) is 14.7. The second kappa shape index (κ2) is 7.42. The average Bonchev–Trinajstić information content (AvgIpc) is 3.27. The Kier molecular flexibility index (Phi) is 5.08. The number of halogens is 1. The van der Waals surface area contributed by atoms with Gasteiger partial charge in [-0.05, 0) is 53.9 Å². The summed E-state index contributed by atoms with van der Waals surface area (Å²) in [6.45, 7) is 0. The molecule has 1 aromatic carbocycles. The summed E-state index contributed by atoms with van der Waals surface area (Å²) in [5.74, 6) is -0.656. The number of hydrogen-bond acceptors (Lipinski definition) is 5. The quantitative estimate of drug-likeness (QED) is 0.254. The van der Waals surface area contributed by atoms with Crippen LogP contribution in [0.3, 0.4) is 0 Å². The van der Waals surface area contributed by atoms with Gasteiger partial charge >= 0.3 is 5.97 Å². The first-order valence-electron chi connectivity index (χ1n) is 6.94. The first kappa shape index (κ1) is 16.4. The minimum Gasteiger partial charge on any atom is -0.457 e. The third-order valence-corrected chi connectivity index (χ3v) is 4.41. The van der Waals surface area contributed by atoms with Crippen molar-refractivity contribution in [2.24, 2.45) is 0 Å². The van der Waals surface area contributed by atoms with E-state index in [-0.39, 0.29) is 22.9 Å². The molecule has 0 saturated carbocycles. The van der Waals surface area contributed by atoms with Crippen LogP contribution in [0.25, 0.3) is 6.08 Å². The first-order chi connectivity index (χ1) is 11.6. The van der Waals surface area contributed by atoms with E-state index in [4.69, 9.17) is 9.15 Å². The lowest BCUT2D eigenvalue weighted by atomic mass is 10.1. The lowest BCUT2D eigenvalue weighted by Gasteiger charge is -2.07. The maximum absolute atomic E-state index is 12.5. The predicted octanol–water partition coefficient (Wildman–Crippen LogP) is 5.22. The molecule has 0 aliphatic rings. The van der Waals surface area contributed by atoms with Gasteiger partial charge in [0.25, 0.3) is 0 Å². The minimum absolute atomic E-state index is 0.0745. The summed E-state index contributed by atoms with van der Waals surface area (Å²) >= 11 is 4.86. The molecule has 0 unspecified atom stereocenters. The van der Waals surface area contributed by atoms with Gasteiger partial charge in [-0.15, -0.1) is 11.3 Å². The topological polar surface area (TPSA) is 56.5 Å². The number of hydrogen-bond donors (Lipinski definition) is 0. The van der Waals surface area contributed by atoms with E-state index in [2.05, 4.69) is 15.9 Å². The highest BCUT2D eigenvalue weighted by Crippen LogP contribution is 2.25. The van der Waals surface area contributed by atoms with E-state index in [0.29, 0.717) is 4.47 Å². The van der Waals surface area contributed by atoms with E-state index in [1.807, 2.05) is 17.5 Å². The van der Waals surface area contributed by atoms with E-state index >= 15 is 0 Å². The van der Waals surface area contributed by atoms with Gasteiger partial charge in [0.1, 0.15) is 5.75 Å². The second-order valence-electron chi connectivity index (χ2n) is 4.72. The maximum Gasteiger partial charge on any atom is 0.379 e. The van der Waals surface area contributed by atoms with Crippen molar-refractivity contribution in [2.75, 3.05) is 0 Å². The van der Waals surface area contributed by atoms with Crippen molar-refractivity contribution in [1.29, 1.82) is 0 Å². The first-order valence-corrected chi connectivity index (χ1v) is 8.62. The molecule has 3 aromatic rings. The Hall–Kier alpha value is -2.44. The molecule has 0 radical (unpaired) electrons. The molecular weight excluding hydrogens is 392 g/mol. The van der Waals surface area contributed by atoms with Crippen LogP contribution in [0.1, 0.15) is 25.8 Å². The van der Waals surface area contributed by atoms with Crippen LogP contribution in [0, 0.1) is 0 Å². The highest BCUT2D eigenvalue weighted by molar-refractivity contribution is 9.10. The molecule has 0 amide bonds. The Balaban J connectivity index is 1.85. The van der Waals surface area contributed by atoms with Crippen molar-refractivity contribution in [3.05, 3.63) is 80.9 Å². The van der Waals surface area contributed by atoms with E-state index in [0.717, 1.165) is 4.88 Å². The molecule has 24 heavy (non-hydrogen) atoms. The Morgan fingerprint density at radius 2 is 2.04 bits per heavy atom. The van der Waals surface area contributed by atoms with Crippen LogP contribution in [-0.4, -0.2) is 11.8 Å². The molecule has 6 heteroatoms. The molecule has 0 fully saturated rings. The summed E-state index contributed by atoms with van der Waals surface area (Å²) in [6, 6.07) is 11.8. The Morgan fingerprint density at radius 3 is 2.75 bits per heavy atom. The lowest BCUT2D eigenvalue weighted by Crippen LogP contribution is -2.10. The van der Waals surface area contributed by atoms with Gasteiger partial charge in [0.15, 0.2) is 5.78 Å². The summed E-state index contributed by atoms with van der Waals surface area (Å²) in [5.41, 5.74) is 0.289. The third-order valence-electron chi connectivity index (χ3n) is 3.07. The van der Waals surface area contributed by atoms with Crippen LogP contribution in [0.5, 0.6) is 5.75 Å². The number of benzene rings is 1. The molecule has 4 nitrogen and oxygen atoms in total. The van der Waals surface area contributed by atoms with Crippen LogP contribution < -0.4 is 4.74 Å². The van der Waals surface area contributed by atoms with Gasteiger partial charge < -0.3 is 9.15 Å². The highest BCUT2D eigenvalue weighted by atomic mass is 79.9. The zero-order chi connectivity index (χ0) is 16.9.